The second-order valence-electron chi connectivity index (χ2n) is 4.64. The quantitative estimate of drug-likeness (QED) is 0.641. The average molecular weight is 248 g/mol. The molecule has 2 rings (SSSR count). The number of nitrogens with zero attached hydrogens (tertiary/aromatic N) is 1. The molecule has 1 fully saturated rings. The lowest BCUT2D eigenvalue weighted by Crippen LogP contribution is -2.35. The van der Waals surface area contributed by atoms with Gasteiger partial charge < -0.3 is 5.32 Å². The Morgan fingerprint density at radius 1 is 1.39 bits per heavy atom. The van der Waals surface area contributed by atoms with Gasteiger partial charge in [0.1, 0.15) is 0 Å². The highest BCUT2D eigenvalue weighted by molar-refractivity contribution is 5.91. The van der Waals surface area contributed by atoms with Crippen molar-refractivity contribution in [3.63, 3.8) is 0 Å². The van der Waals surface area contributed by atoms with Crippen molar-refractivity contribution in [3.8, 4) is 0 Å². The minimum atomic E-state index is -0.440. The van der Waals surface area contributed by atoms with Gasteiger partial charge in [0, 0.05) is 18.7 Å². The van der Waals surface area contributed by atoms with E-state index in [0.717, 1.165) is 24.8 Å². The Morgan fingerprint density at radius 3 is 2.44 bits per heavy atom. The Hall–Kier alpha value is -1.91. The van der Waals surface area contributed by atoms with Gasteiger partial charge in [-0.1, -0.05) is 19.1 Å². The molecule has 1 aliphatic carbocycles. The van der Waals surface area contributed by atoms with E-state index in [1.807, 2.05) is 6.92 Å². The van der Waals surface area contributed by atoms with Crippen LogP contribution in [0.15, 0.2) is 24.3 Å². The first-order chi connectivity index (χ1) is 8.60. The van der Waals surface area contributed by atoms with E-state index in [1.165, 1.54) is 12.1 Å². The van der Waals surface area contributed by atoms with Crippen molar-refractivity contribution in [2.45, 2.75) is 31.6 Å². The molecule has 0 radical (unpaired) electrons. The Balaban J connectivity index is 2.15. The molecule has 0 spiro atoms. The third kappa shape index (κ3) is 2.20. The maximum absolute atomic E-state index is 12.1. The summed E-state index contributed by atoms with van der Waals surface area (Å²) in [4.78, 5) is 22.2. The van der Waals surface area contributed by atoms with Gasteiger partial charge in [-0.25, -0.2) is 0 Å². The third-order valence-corrected chi connectivity index (χ3v) is 3.35. The zero-order valence-corrected chi connectivity index (χ0v) is 10.3. The lowest BCUT2D eigenvalue weighted by molar-refractivity contribution is -0.384. The zero-order chi connectivity index (χ0) is 13.2. The Bertz CT molecular complexity index is 464. The predicted octanol–water partition coefficient (Wildman–Crippen LogP) is 2.15. The molecule has 1 N–H and O–H groups in total. The summed E-state index contributed by atoms with van der Waals surface area (Å²) >= 11 is 0. The highest BCUT2D eigenvalue weighted by atomic mass is 16.6. The summed E-state index contributed by atoms with van der Waals surface area (Å²) < 4.78 is 0. The smallest absolute Gasteiger partial charge is 0.269 e. The molecule has 0 bridgehead atoms. The van der Waals surface area contributed by atoms with Gasteiger partial charge in [0.25, 0.3) is 5.69 Å². The van der Waals surface area contributed by atoms with Crippen molar-refractivity contribution in [3.05, 3.63) is 39.9 Å². The van der Waals surface area contributed by atoms with Crippen LogP contribution >= 0.6 is 0 Å². The van der Waals surface area contributed by atoms with Crippen LogP contribution in [-0.2, 0) is 10.2 Å². The van der Waals surface area contributed by atoms with E-state index in [-0.39, 0.29) is 11.6 Å². The Morgan fingerprint density at radius 2 is 2.00 bits per heavy atom. The summed E-state index contributed by atoms with van der Waals surface area (Å²) in [5, 5.41) is 13.5. The molecule has 0 atom stereocenters. The molecule has 5 nitrogen and oxygen atoms in total. The highest BCUT2D eigenvalue weighted by Gasteiger charge is 2.51. The predicted molar refractivity (Wildman–Crippen MR) is 67.3 cm³/mol. The van der Waals surface area contributed by atoms with Crippen molar-refractivity contribution in [2.24, 2.45) is 0 Å². The number of hydrogen-bond acceptors (Lipinski definition) is 3. The number of benzene rings is 1. The Labute approximate surface area is 105 Å². The maximum atomic E-state index is 12.1. The molecule has 0 aliphatic heterocycles. The fraction of sp³-hybridized carbons (Fsp3) is 0.462. The van der Waals surface area contributed by atoms with Gasteiger partial charge in [0.2, 0.25) is 5.91 Å². The number of rotatable bonds is 5. The molecule has 5 heteroatoms. The zero-order valence-electron chi connectivity index (χ0n) is 10.3. The van der Waals surface area contributed by atoms with Crippen LogP contribution in [0, 0.1) is 10.1 Å². The number of non-ortho nitro benzene ring substituents is 1. The lowest BCUT2D eigenvalue weighted by Gasteiger charge is -2.15. The molecule has 18 heavy (non-hydrogen) atoms. The lowest BCUT2D eigenvalue weighted by atomic mass is 9.95. The van der Waals surface area contributed by atoms with Crippen LogP contribution in [-0.4, -0.2) is 17.4 Å². The highest BCUT2D eigenvalue weighted by Crippen LogP contribution is 2.48. The Kier molecular flexibility index (Phi) is 3.32. The standard InChI is InChI=1S/C13H16N2O3/c1-2-9-14-12(16)13(7-8-13)10-3-5-11(6-4-10)15(17)18/h3-6H,2,7-9H2,1H3,(H,14,16). The summed E-state index contributed by atoms with van der Waals surface area (Å²) in [5.74, 6) is 0.0400. The molecular weight excluding hydrogens is 232 g/mol. The van der Waals surface area contributed by atoms with Gasteiger partial charge in [0.05, 0.1) is 10.3 Å². The second kappa shape index (κ2) is 4.76. The molecule has 1 aliphatic rings. The van der Waals surface area contributed by atoms with Crippen molar-refractivity contribution >= 4 is 11.6 Å². The van der Waals surface area contributed by atoms with E-state index in [1.54, 1.807) is 12.1 Å². The van der Waals surface area contributed by atoms with E-state index >= 15 is 0 Å². The van der Waals surface area contributed by atoms with Crippen molar-refractivity contribution in [1.82, 2.24) is 5.32 Å². The largest absolute Gasteiger partial charge is 0.355 e. The van der Waals surface area contributed by atoms with Crippen LogP contribution in [0.4, 0.5) is 5.69 Å². The minimum Gasteiger partial charge on any atom is -0.355 e. The van der Waals surface area contributed by atoms with Gasteiger partial charge in [-0.05, 0) is 24.8 Å². The normalized spacial score (nSPS) is 16.1. The SMILES string of the molecule is CCCNC(=O)C1(c2ccc([N+](=O)[O-])cc2)CC1. The molecule has 1 saturated carbocycles. The molecule has 1 amide bonds. The first-order valence-corrected chi connectivity index (χ1v) is 6.13. The summed E-state index contributed by atoms with van der Waals surface area (Å²) in [6.07, 6.45) is 2.54. The second-order valence-corrected chi connectivity index (χ2v) is 4.64. The van der Waals surface area contributed by atoms with Gasteiger partial charge >= 0.3 is 0 Å². The van der Waals surface area contributed by atoms with Gasteiger partial charge in [-0.3, -0.25) is 14.9 Å². The van der Waals surface area contributed by atoms with Gasteiger partial charge in [-0.2, -0.15) is 0 Å². The van der Waals surface area contributed by atoms with Crippen LogP contribution in [0.5, 0.6) is 0 Å². The van der Waals surface area contributed by atoms with E-state index in [0.29, 0.717) is 6.54 Å². The van der Waals surface area contributed by atoms with E-state index in [9.17, 15) is 14.9 Å². The fourth-order valence-corrected chi connectivity index (χ4v) is 2.08. The average Bonchev–Trinajstić information content (AvgIpc) is 3.17. The monoisotopic (exact) mass is 248 g/mol. The van der Waals surface area contributed by atoms with Crippen LogP contribution < -0.4 is 5.32 Å². The van der Waals surface area contributed by atoms with Crippen molar-refractivity contribution in [2.75, 3.05) is 6.54 Å². The molecule has 0 heterocycles. The summed E-state index contributed by atoms with van der Waals surface area (Å²) in [6, 6.07) is 6.30. The first kappa shape index (κ1) is 12.5. The number of nitrogens with one attached hydrogen (secondary N) is 1. The van der Waals surface area contributed by atoms with Crippen molar-refractivity contribution in [1.29, 1.82) is 0 Å². The maximum Gasteiger partial charge on any atom is 0.269 e. The topological polar surface area (TPSA) is 72.2 Å². The third-order valence-electron chi connectivity index (χ3n) is 3.35. The number of hydrogen-bond donors (Lipinski definition) is 1. The van der Waals surface area contributed by atoms with Crippen molar-refractivity contribution < 1.29 is 9.72 Å². The molecule has 1 aromatic carbocycles. The molecule has 0 unspecified atom stereocenters. The summed E-state index contributed by atoms with van der Waals surface area (Å²) in [6.45, 7) is 2.68. The van der Waals surface area contributed by atoms with Crippen LogP contribution in [0.25, 0.3) is 0 Å². The minimum absolute atomic E-state index is 0.0400. The first-order valence-electron chi connectivity index (χ1n) is 6.13. The summed E-state index contributed by atoms with van der Waals surface area (Å²) in [5.41, 5.74) is 0.495. The van der Waals surface area contributed by atoms with Gasteiger partial charge in [-0.15, -0.1) is 0 Å². The number of nitro groups is 1. The van der Waals surface area contributed by atoms with Crippen LogP contribution in [0.1, 0.15) is 31.7 Å². The molecule has 1 aromatic rings. The van der Waals surface area contributed by atoms with E-state index in [2.05, 4.69) is 5.32 Å². The van der Waals surface area contributed by atoms with E-state index < -0.39 is 10.3 Å². The molecule has 0 saturated heterocycles. The fourth-order valence-electron chi connectivity index (χ4n) is 2.08. The number of amides is 1. The molecule has 96 valence electrons. The molecular formula is C13H16N2O3. The molecule has 0 aromatic heterocycles. The number of carbonyl (C=O) groups is 1. The van der Waals surface area contributed by atoms with Gasteiger partial charge in [0.15, 0.2) is 0 Å². The van der Waals surface area contributed by atoms with Crippen LogP contribution in [0.3, 0.4) is 0 Å². The number of carbonyl (C=O) groups excluding carboxylic acids is 1. The van der Waals surface area contributed by atoms with Crippen LogP contribution in [0.2, 0.25) is 0 Å². The number of nitro benzene ring substituents is 1. The summed E-state index contributed by atoms with van der Waals surface area (Å²) in [7, 11) is 0. The van der Waals surface area contributed by atoms with E-state index in [4.69, 9.17) is 0 Å².